The Balaban J connectivity index is 1.53. The van der Waals surface area contributed by atoms with Crippen LogP contribution in [0, 0.1) is 0 Å². The Morgan fingerprint density at radius 3 is 2.56 bits per heavy atom. The van der Waals surface area contributed by atoms with Gasteiger partial charge in [0.15, 0.2) is 5.65 Å². The van der Waals surface area contributed by atoms with E-state index in [0.29, 0.717) is 24.7 Å². The number of amides is 2. The van der Waals surface area contributed by atoms with Crippen LogP contribution in [-0.2, 0) is 16.1 Å². The van der Waals surface area contributed by atoms with E-state index in [-0.39, 0.29) is 30.6 Å². The van der Waals surface area contributed by atoms with Crippen LogP contribution in [-0.4, -0.2) is 33.0 Å². The minimum absolute atomic E-state index is 0.0480. The molecule has 3 rings (SSSR count). The Kier molecular flexibility index (Phi) is 5.98. The molecule has 0 aliphatic rings. The van der Waals surface area contributed by atoms with Crippen LogP contribution in [0.15, 0.2) is 48.5 Å². The summed E-state index contributed by atoms with van der Waals surface area (Å²) in [7, 11) is 0. The van der Waals surface area contributed by atoms with Crippen LogP contribution in [0.5, 0.6) is 5.88 Å². The Labute approximate surface area is 156 Å². The average molecular weight is 367 g/mol. The van der Waals surface area contributed by atoms with E-state index in [0.717, 1.165) is 5.56 Å². The second kappa shape index (κ2) is 8.79. The van der Waals surface area contributed by atoms with Crippen molar-refractivity contribution in [3.8, 4) is 5.88 Å². The number of anilines is 1. The molecule has 140 valence electrons. The van der Waals surface area contributed by atoms with Crippen LogP contribution in [0.3, 0.4) is 0 Å². The number of hydrogen-bond acceptors (Lipinski definition) is 5. The summed E-state index contributed by atoms with van der Waals surface area (Å²) in [5.74, 6) is 0.306. The Hall–Kier alpha value is -3.42. The lowest BCUT2D eigenvalue weighted by Gasteiger charge is -2.09. The van der Waals surface area contributed by atoms with Crippen LogP contribution in [0.4, 0.5) is 5.95 Å². The largest absolute Gasteiger partial charge is 0.479 e. The smallest absolute Gasteiger partial charge is 0.238 e. The maximum absolute atomic E-state index is 12.2. The summed E-state index contributed by atoms with van der Waals surface area (Å²) in [5.41, 5.74) is 1.57. The second-order valence-corrected chi connectivity index (χ2v) is 5.82. The van der Waals surface area contributed by atoms with E-state index < -0.39 is 0 Å². The average Bonchev–Trinajstić information content (AvgIpc) is 3.09. The van der Waals surface area contributed by atoms with Crippen molar-refractivity contribution in [3.05, 3.63) is 54.1 Å². The molecule has 0 saturated carbocycles. The molecule has 3 aromatic rings. The zero-order chi connectivity index (χ0) is 19.1. The third-order valence-electron chi connectivity index (χ3n) is 3.85. The van der Waals surface area contributed by atoms with Crippen molar-refractivity contribution in [1.82, 2.24) is 19.9 Å². The molecule has 0 fully saturated rings. The lowest BCUT2D eigenvalue weighted by atomic mass is 10.2. The molecule has 0 unspecified atom stereocenters. The third-order valence-corrected chi connectivity index (χ3v) is 3.85. The SMILES string of the molecule is CCOc1cccc2nnc(NC(=O)CCC(=O)NCc3ccccc3)n12. The zero-order valence-corrected chi connectivity index (χ0v) is 15.0. The summed E-state index contributed by atoms with van der Waals surface area (Å²) in [4.78, 5) is 24.1. The fraction of sp³-hybridized carbons (Fsp3) is 0.263. The van der Waals surface area contributed by atoms with Gasteiger partial charge in [-0.25, -0.2) is 4.40 Å². The topological polar surface area (TPSA) is 97.6 Å². The number of fused-ring (bicyclic) bond motifs is 1. The summed E-state index contributed by atoms with van der Waals surface area (Å²) >= 11 is 0. The molecular formula is C19H21N5O3. The van der Waals surface area contributed by atoms with E-state index in [1.807, 2.05) is 37.3 Å². The molecule has 0 atom stereocenters. The van der Waals surface area contributed by atoms with Gasteiger partial charge in [0.1, 0.15) is 0 Å². The summed E-state index contributed by atoms with van der Waals surface area (Å²) in [6, 6.07) is 14.9. The van der Waals surface area contributed by atoms with Crippen molar-refractivity contribution in [2.45, 2.75) is 26.3 Å². The number of carbonyl (C=O) groups excluding carboxylic acids is 2. The van der Waals surface area contributed by atoms with Gasteiger partial charge in [0.2, 0.25) is 23.6 Å². The highest BCUT2D eigenvalue weighted by Crippen LogP contribution is 2.18. The molecule has 2 heterocycles. The van der Waals surface area contributed by atoms with Gasteiger partial charge in [-0.1, -0.05) is 36.4 Å². The predicted molar refractivity (Wildman–Crippen MR) is 100 cm³/mol. The zero-order valence-electron chi connectivity index (χ0n) is 15.0. The maximum atomic E-state index is 12.2. The lowest BCUT2D eigenvalue weighted by molar-refractivity contribution is -0.124. The van der Waals surface area contributed by atoms with Crippen molar-refractivity contribution >= 4 is 23.4 Å². The number of nitrogens with zero attached hydrogens (tertiary/aromatic N) is 3. The molecule has 0 aliphatic carbocycles. The first-order chi connectivity index (χ1) is 13.2. The molecule has 1 aromatic carbocycles. The number of benzene rings is 1. The first-order valence-corrected chi connectivity index (χ1v) is 8.75. The van der Waals surface area contributed by atoms with Crippen LogP contribution < -0.4 is 15.4 Å². The molecule has 0 aliphatic heterocycles. The van der Waals surface area contributed by atoms with Crippen LogP contribution in [0.1, 0.15) is 25.3 Å². The first kappa shape index (κ1) is 18.4. The monoisotopic (exact) mass is 367 g/mol. The van der Waals surface area contributed by atoms with Gasteiger partial charge >= 0.3 is 0 Å². The Morgan fingerprint density at radius 1 is 1.00 bits per heavy atom. The third kappa shape index (κ3) is 4.81. The molecule has 0 spiro atoms. The standard InChI is InChI=1S/C19H21N5O3/c1-2-27-18-10-6-9-15-22-23-19(24(15)18)21-17(26)12-11-16(25)20-13-14-7-4-3-5-8-14/h3-10H,2,11-13H2,1H3,(H,20,25)(H,21,23,26). The molecule has 8 nitrogen and oxygen atoms in total. The number of aromatic nitrogens is 3. The quantitative estimate of drug-likeness (QED) is 0.636. The highest BCUT2D eigenvalue weighted by atomic mass is 16.5. The van der Waals surface area contributed by atoms with E-state index in [1.165, 1.54) is 0 Å². The van der Waals surface area contributed by atoms with E-state index in [9.17, 15) is 9.59 Å². The van der Waals surface area contributed by atoms with Gasteiger partial charge in [-0.3, -0.25) is 14.9 Å². The molecular weight excluding hydrogens is 346 g/mol. The van der Waals surface area contributed by atoms with E-state index in [1.54, 1.807) is 22.6 Å². The van der Waals surface area contributed by atoms with Crippen molar-refractivity contribution in [2.75, 3.05) is 11.9 Å². The summed E-state index contributed by atoms with van der Waals surface area (Å²) in [5, 5.41) is 13.5. The minimum Gasteiger partial charge on any atom is -0.479 e. The minimum atomic E-state index is -0.314. The van der Waals surface area contributed by atoms with Gasteiger partial charge in [-0.05, 0) is 24.6 Å². The fourth-order valence-corrected chi connectivity index (χ4v) is 2.55. The highest BCUT2D eigenvalue weighted by Gasteiger charge is 2.14. The van der Waals surface area contributed by atoms with Gasteiger partial charge in [0.05, 0.1) is 6.61 Å². The predicted octanol–water partition coefficient (Wildman–Crippen LogP) is 2.16. The molecule has 2 amide bonds. The van der Waals surface area contributed by atoms with Gasteiger partial charge in [0.25, 0.3) is 0 Å². The molecule has 2 N–H and O–H groups in total. The number of pyridine rings is 1. The van der Waals surface area contributed by atoms with Gasteiger partial charge in [-0.15, -0.1) is 10.2 Å². The second-order valence-electron chi connectivity index (χ2n) is 5.82. The molecule has 8 heteroatoms. The number of hydrogen-bond donors (Lipinski definition) is 2. The van der Waals surface area contributed by atoms with Crippen LogP contribution in [0.2, 0.25) is 0 Å². The Morgan fingerprint density at radius 2 is 1.78 bits per heavy atom. The highest BCUT2D eigenvalue weighted by molar-refractivity contribution is 5.92. The van der Waals surface area contributed by atoms with Crippen molar-refractivity contribution < 1.29 is 14.3 Å². The van der Waals surface area contributed by atoms with Crippen LogP contribution in [0.25, 0.3) is 5.65 Å². The summed E-state index contributed by atoms with van der Waals surface area (Å²) in [6.07, 6.45) is 0.139. The maximum Gasteiger partial charge on any atom is 0.238 e. The van der Waals surface area contributed by atoms with Gasteiger partial charge < -0.3 is 10.1 Å². The van der Waals surface area contributed by atoms with Crippen LogP contribution >= 0.6 is 0 Å². The molecule has 0 bridgehead atoms. The summed E-state index contributed by atoms with van der Waals surface area (Å²) in [6.45, 7) is 2.79. The van der Waals surface area contributed by atoms with E-state index in [4.69, 9.17) is 4.74 Å². The number of nitrogens with one attached hydrogen (secondary N) is 2. The lowest BCUT2D eigenvalue weighted by Crippen LogP contribution is -2.24. The number of ether oxygens (including phenoxy) is 1. The number of rotatable bonds is 8. The van der Waals surface area contributed by atoms with Gasteiger partial charge in [0, 0.05) is 19.4 Å². The normalized spacial score (nSPS) is 10.6. The molecule has 2 aromatic heterocycles. The fourth-order valence-electron chi connectivity index (χ4n) is 2.55. The Bertz CT molecular complexity index is 923. The van der Waals surface area contributed by atoms with E-state index in [2.05, 4.69) is 20.8 Å². The molecule has 27 heavy (non-hydrogen) atoms. The van der Waals surface area contributed by atoms with Crippen molar-refractivity contribution in [3.63, 3.8) is 0 Å². The molecule has 0 radical (unpaired) electrons. The first-order valence-electron chi connectivity index (χ1n) is 8.75. The van der Waals surface area contributed by atoms with Crippen molar-refractivity contribution in [2.24, 2.45) is 0 Å². The van der Waals surface area contributed by atoms with Gasteiger partial charge in [-0.2, -0.15) is 0 Å². The molecule has 0 saturated heterocycles. The van der Waals surface area contributed by atoms with Crippen molar-refractivity contribution in [1.29, 1.82) is 0 Å². The van der Waals surface area contributed by atoms with E-state index >= 15 is 0 Å². The number of carbonyl (C=O) groups is 2. The summed E-state index contributed by atoms with van der Waals surface area (Å²) < 4.78 is 7.16.